The summed E-state index contributed by atoms with van der Waals surface area (Å²) in [5.41, 5.74) is 0.873. The van der Waals surface area contributed by atoms with E-state index in [0.717, 1.165) is 12.8 Å². The summed E-state index contributed by atoms with van der Waals surface area (Å²) in [4.78, 5) is 12.7. The van der Waals surface area contributed by atoms with E-state index in [-0.39, 0.29) is 11.3 Å². The molecule has 1 saturated heterocycles. The van der Waals surface area contributed by atoms with Gasteiger partial charge in [-0.1, -0.05) is 13.8 Å². The molecule has 2 aromatic rings. The number of hydrogen-bond donors (Lipinski definition) is 4. The van der Waals surface area contributed by atoms with Gasteiger partial charge in [0, 0.05) is 6.04 Å². The number of fused-ring (bicyclic) bond motifs is 1. The maximum Gasteiger partial charge on any atom is 0.226 e. The number of halogens is 1. The number of aromatic nitrogens is 4. The number of imidazole rings is 1. The second-order valence-electron chi connectivity index (χ2n) is 6.05. The van der Waals surface area contributed by atoms with Crippen LogP contribution in [0.2, 0.25) is 5.28 Å². The van der Waals surface area contributed by atoms with Crippen molar-refractivity contribution in [2.75, 3.05) is 11.9 Å². The topological polar surface area (TPSA) is 126 Å². The van der Waals surface area contributed by atoms with E-state index in [1.807, 2.05) is 0 Å². The predicted molar refractivity (Wildman–Crippen MR) is 91.3 cm³/mol. The first-order valence-corrected chi connectivity index (χ1v) is 8.66. The van der Waals surface area contributed by atoms with Gasteiger partial charge in [0.25, 0.3) is 0 Å². The van der Waals surface area contributed by atoms with Crippen molar-refractivity contribution in [2.45, 2.75) is 57.3 Å². The van der Waals surface area contributed by atoms with Crippen LogP contribution in [0.4, 0.5) is 5.82 Å². The van der Waals surface area contributed by atoms with Gasteiger partial charge < -0.3 is 25.4 Å². The molecule has 3 rings (SSSR count). The van der Waals surface area contributed by atoms with Gasteiger partial charge in [-0.25, -0.2) is 4.98 Å². The number of ether oxygens (including phenoxy) is 1. The quantitative estimate of drug-likeness (QED) is 0.546. The van der Waals surface area contributed by atoms with Crippen molar-refractivity contribution in [3.8, 4) is 0 Å². The summed E-state index contributed by atoms with van der Waals surface area (Å²) >= 11 is 6.05. The van der Waals surface area contributed by atoms with E-state index < -0.39 is 31.1 Å². The standard InChI is InChI=1S/C15H22ClN5O4/c1-3-7(4-2)18-12-9-13(20-15(16)19-12)21(6-17-9)14-11(24)10(23)8(5-22)25-14/h6-8,10-11,14,22-24H,3-5H2,1-2H3,(H,18,19,20)/t8-,10-,11-,14-/m1/s1. The van der Waals surface area contributed by atoms with Crippen molar-refractivity contribution in [2.24, 2.45) is 0 Å². The lowest BCUT2D eigenvalue weighted by atomic mass is 10.1. The highest BCUT2D eigenvalue weighted by atomic mass is 35.5. The summed E-state index contributed by atoms with van der Waals surface area (Å²) in [5.74, 6) is 0.509. The molecule has 4 atom stereocenters. The summed E-state index contributed by atoms with van der Waals surface area (Å²) < 4.78 is 7.03. The first-order valence-electron chi connectivity index (χ1n) is 8.29. The molecular formula is C15H22ClN5O4. The molecule has 1 aliphatic heterocycles. The number of nitrogens with one attached hydrogen (secondary N) is 1. The smallest absolute Gasteiger partial charge is 0.226 e. The fourth-order valence-corrected chi connectivity index (χ4v) is 3.14. The molecule has 0 spiro atoms. The zero-order chi connectivity index (χ0) is 18.1. The third-order valence-corrected chi connectivity index (χ3v) is 4.68. The number of anilines is 1. The second kappa shape index (κ2) is 7.38. The van der Waals surface area contributed by atoms with Gasteiger partial charge in [0.05, 0.1) is 12.9 Å². The summed E-state index contributed by atoms with van der Waals surface area (Å²) in [5, 5.41) is 32.8. The molecule has 10 heteroatoms. The zero-order valence-corrected chi connectivity index (χ0v) is 14.8. The zero-order valence-electron chi connectivity index (χ0n) is 14.0. The Hall–Kier alpha value is -1.52. The van der Waals surface area contributed by atoms with Crippen LogP contribution in [0.25, 0.3) is 11.2 Å². The van der Waals surface area contributed by atoms with E-state index in [1.165, 1.54) is 10.9 Å². The average Bonchev–Trinajstić information content (AvgIpc) is 3.14. The molecule has 9 nitrogen and oxygen atoms in total. The van der Waals surface area contributed by atoms with Crippen LogP contribution in [-0.2, 0) is 4.74 Å². The van der Waals surface area contributed by atoms with Crippen LogP contribution in [0.15, 0.2) is 6.33 Å². The highest BCUT2D eigenvalue weighted by molar-refractivity contribution is 6.28. The van der Waals surface area contributed by atoms with Crippen molar-refractivity contribution in [3.05, 3.63) is 11.6 Å². The van der Waals surface area contributed by atoms with E-state index in [2.05, 4.69) is 34.1 Å². The Morgan fingerprint density at radius 1 is 1.28 bits per heavy atom. The minimum Gasteiger partial charge on any atom is -0.394 e. The fraction of sp³-hybridized carbons (Fsp3) is 0.667. The van der Waals surface area contributed by atoms with Gasteiger partial charge >= 0.3 is 0 Å². The molecule has 25 heavy (non-hydrogen) atoms. The van der Waals surface area contributed by atoms with Crippen molar-refractivity contribution < 1.29 is 20.1 Å². The Labute approximate surface area is 149 Å². The molecule has 0 saturated carbocycles. The van der Waals surface area contributed by atoms with E-state index in [9.17, 15) is 15.3 Å². The molecule has 0 bridgehead atoms. The van der Waals surface area contributed by atoms with Crippen LogP contribution in [-0.4, -0.2) is 65.8 Å². The van der Waals surface area contributed by atoms with Gasteiger partial charge in [0.15, 0.2) is 23.2 Å². The Morgan fingerprint density at radius 3 is 2.60 bits per heavy atom. The van der Waals surface area contributed by atoms with Crippen LogP contribution in [0.1, 0.15) is 32.9 Å². The van der Waals surface area contributed by atoms with Gasteiger partial charge in [0.1, 0.15) is 18.3 Å². The van der Waals surface area contributed by atoms with Crippen LogP contribution < -0.4 is 5.32 Å². The van der Waals surface area contributed by atoms with Crippen molar-refractivity contribution in [1.82, 2.24) is 19.5 Å². The third kappa shape index (κ3) is 3.30. The first-order chi connectivity index (χ1) is 12.0. The number of hydrogen-bond acceptors (Lipinski definition) is 8. The molecule has 0 amide bonds. The molecular weight excluding hydrogens is 350 g/mol. The number of rotatable bonds is 6. The lowest BCUT2D eigenvalue weighted by Gasteiger charge is -2.18. The minimum atomic E-state index is -1.22. The SMILES string of the molecule is CCC(CC)Nc1nc(Cl)nc2c1ncn2[C@@H]1O[C@H](CO)[C@@H](O)[C@H]1O. The van der Waals surface area contributed by atoms with Crippen LogP contribution >= 0.6 is 11.6 Å². The molecule has 1 fully saturated rings. The Kier molecular flexibility index (Phi) is 5.40. The van der Waals surface area contributed by atoms with Crippen LogP contribution in [0.5, 0.6) is 0 Å². The molecule has 138 valence electrons. The van der Waals surface area contributed by atoms with Crippen LogP contribution in [0.3, 0.4) is 0 Å². The van der Waals surface area contributed by atoms with Gasteiger partial charge in [-0.05, 0) is 24.4 Å². The second-order valence-corrected chi connectivity index (χ2v) is 6.39. The van der Waals surface area contributed by atoms with E-state index in [1.54, 1.807) is 0 Å². The molecule has 2 aromatic heterocycles. The third-order valence-electron chi connectivity index (χ3n) is 4.51. The van der Waals surface area contributed by atoms with E-state index >= 15 is 0 Å². The number of aliphatic hydroxyl groups is 3. The fourth-order valence-electron chi connectivity index (χ4n) is 2.97. The monoisotopic (exact) mass is 371 g/mol. The summed E-state index contributed by atoms with van der Waals surface area (Å²) in [6.07, 6.45) is -0.954. The molecule has 0 aromatic carbocycles. The highest BCUT2D eigenvalue weighted by Crippen LogP contribution is 2.32. The first kappa shape index (κ1) is 18.3. The highest BCUT2D eigenvalue weighted by Gasteiger charge is 2.44. The summed E-state index contributed by atoms with van der Waals surface area (Å²) in [6.45, 7) is 3.73. The maximum atomic E-state index is 10.2. The van der Waals surface area contributed by atoms with Gasteiger partial charge in [0.2, 0.25) is 5.28 Å². The molecule has 1 aliphatic rings. The van der Waals surface area contributed by atoms with Gasteiger partial charge in [-0.3, -0.25) is 4.57 Å². The van der Waals surface area contributed by atoms with Crippen LogP contribution in [0, 0.1) is 0 Å². The Morgan fingerprint density at radius 2 is 2.00 bits per heavy atom. The predicted octanol–water partition coefficient (Wildman–Crippen LogP) is 0.692. The molecule has 0 unspecified atom stereocenters. The van der Waals surface area contributed by atoms with E-state index in [0.29, 0.717) is 17.0 Å². The summed E-state index contributed by atoms with van der Waals surface area (Å²) in [6, 6.07) is 0.216. The number of aliphatic hydroxyl groups excluding tert-OH is 3. The normalized spacial score (nSPS) is 26.7. The molecule has 0 radical (unpaired) electrons. The lowest BCUT2D eigenvalue weighted by molar-refractivity contribution is -0.0511. The molecule has 0 aliphatic carbocycles. The number of nitrogens with zero attached hydrogens (tertiary/aromatic N) is 4. The Bertz CT molecular complexity index is 738. The van der Waals surface area contributed by atoms with Gasteiger partial charge in [-0.15, -0.1) is 0 Å². The molecule has 3 heterocycles. The van der Waals surface area contributed by atoms with Crippen molar-refractivity contribution in [3.63, 3.8) is 0 Å². The van der Waals surface area contributed by atoms with E-state index in [4.69, 9.17) is 16.3 Å². The van der Waals surface area contributed by atoms with Crippen molar-refractivity contribution in [1.29, 1.82) is 0 Å². The average molecular weight is 372 g/mol. The Balaban J connectivity index is 2.00. The lowest BCUT2D eigenvalue weighted by Crippen LogP contribution is -2.33. The van der Waals surface area contributed by atoms with Gasteiger partial charge in [-0.2, -0.15) is 9.97 Å². The summed E-state index contributed by atoms with van der Waals surface area (Å²) in [7, 11) is 0. The minimum absolute atomic E-state index is 0.0365. The maximum absolute atomic E-state index is 10.2. The largest absolute Gasteiger partial charge is 0.394 e. The molecule has 4 N–H and O–H groups in total. The van der Waals surface area contributed by atoms with Crippen molar-refractivity contribution >= 4 is 28.6 Å².